The fourth-order valence-electron chi connectivity index (χ4n) is 1.29. The summed E-state index contributed by atoms with van der Waals surface area (Å²) in [6.45, 7) is 4.44. The van der Waals surface area contributed by atoms with E-state index in [0.29, 0.717) is 18.4 Å². The van der Waals surface area contributed by atoms with Crippen molar-refractivity contribution in [1.29, 1.82) is 0 Å². The summed E-state index contributed by atoms with van der Waals surface area (Å²) in [5, 5.41) is 12.3. The molecule has 102 valence electrons. The van der Waals surface area contributed by atoms with Crippen LogP contribution in [-0.2, 0) is 0 Å². The predicted molar refractivity (Wildman–Crippen MR) is 71.3 cm³/mol. The number of aliphatic hydroxyl groups excluding tert-OH is 1. The Morgan fingerprint density at radius 1 is 1.37 bits per heavy atom. The fraction of sp³-hybridized carbons (Fsp3) is 0.455. The van der Waals surface area contributed by atoms with Crippen LogP contribution in [0.1, 0.15) is 13.8 Å². The van der Waals surface area contributed by atoms with Crippen LogP contribution in [0, 0.1) is 5.41 Å². The van der Waals surface area contributed by atoms with Gasteiger partial charge in [-0.1, -0.05) is 13.8 Å². The number of anilines is 1. The van der Waals surface area contributed by atoms with Gasteiger partial charge >= 0.3 is 0 Å². The molecule has 0 saturated heterocycles. The summed E-state index contributed by atoms with van der Waals surface area (Å²) in [7, 11) is 0. The number of hydrogen-bond acceptors (Lipinski definition) is 6. The largest absolute Gasteiger partial charge is 0.396 e. The second-order valence-corrected chi connectivity index (χ2v) is 5.21. The van der Waals surface area contributed by atoms with Gasteiger partial charge in [0, 0.05) is 31.0 Å². The zero-order chi connectivity index (χ0) is 13.9. The molecule has 2 heterocycles. The first-order valence-electron chi connectivity index (χ1n) is 5.75. The van der Waals surface area contributed by atoms with Gasteiger partial charge in [0.1, 0.15) is 6.33 Å². The molecule has 7 nitrogen and oxygen atoms in total. The monoisotopic (exact) mass is 282 g/mol. The number of halogens is 1. The highest BCUT2D eigenvalue weighted by Crippen LogP contribution is 2.15. The molecule has 0 amide bonds. The van der Waals surface area contributed by atoms with Crippen molar-refractivity contribution in [3.8, 4) is 5.95 Å². The minimum absolute atomic E-state index is 0.0627. The molecule has 0 fully saturated rings. The van der Waals surface area contributed by atoms with E-state index in [1.54, 1.807) is 23.3 Å². The molecule has 0 atom stereocenters. The topological polar surface area (TPSA) is 88.8 Å². The van der Waals surface area contributed by atoms with Gasteiger partial charge in [-0.25, -0.2) is 4.98 Å². The van der Waals surface area contributed by atoms with E-state index in [9.17, 15) is 5.11 Å². The van der Waals surface area contributed by atoms with Crippen molar-refractivity contribution in [2.75, 3.05) is 18.5 Å². The molecule has 0 radical (unpaired) electrons. The predicted octanol–water partition coefficient (Wildman–Crippen LogP) is 1.14. The molecule has 0 aromatic carbocycles. The molecule has 0 bridgehead atoms. The average Bonchev–Trinajstić information content (AvgIpc) is 2.90. The number of hydrogen-bond donors (Lipinski definition) is 2. The van der Waals surface area contributed by atoms with Crippen molar-refractivity contribution >= 4 is 17.5 Å². The van der Waals surface area contributed by atoms with Gasteiger partial charge in [0.15, 0.2) is 0 Å². The van der Waals surface area contributed by atoms with Gasteiger partial charge in [-0.3, -0.25) is 4.57 Å². The number of aromatic nitrogens is 5. The van der Waals surface area contributed by atoms with Crippen LogP contribution in [0.4, 0.5) is 5.95 Å². The van der Waals surface area contributed by atoms with E-state index in [1.807, 2.05) is 13.8 Å². The highest BCUT2D eigenvalue weighted by molar-refractivity contribution is 6.28. The third-order valence-electron chi connectivity index (χ3n) is 2.48. The molecule has 8 heteroatoms. The highest BCUT2D eigenvalue weighted by atomic mass is 35.5. The van der Waals surface area contributed by atoms with Crippen LogP contribution in [0.2, 0.25) is 5.28 Å². The van der Waals surface area contributed by atoms with Crippen molar-refractivity contribution < 1.29 is 5.11 Å². The zero-order valence-corrected chi connectivity index (χ0v) is 11.5. The van der Waals surface area contributed by atoms with Crippen LogP contribution in [0.3, 0.4) is 0 Å². The Morgan fingerprint density at radius 2 is 2.16 bits per heavy atom. The lowest BCUT2D eigenvalue weighted by atomic mass is 9.95. The number of aliphatic hydroxyl groups is 1. The summed E-state index contributed by atoms with van der Waals surface area (Å²) < 4.78 is 1.63. The van der Waals surface area contributed by atoms with E-state index in [-0.39, 0.29) is 17.3 Å². The fourth-order valence-corrected chi connectivity index (χ4v) is 1.44. The van der Waals surface area contributed by atoms with Crippen LogP contribution in [0.5, 0.6) is 0 Å². The van der Waals surface area contributed by atoms with Gasteiger partial charge in [0.2, 0.25) is 17.2 Å². The Hall–Kier alpha value is -1.73. The second-order valence-electron chi connectivity index (χ2n) is 4.87. The number of nitrogens with one attached hydrogen (secondary N) is 1. The van der Waals surface area contributed by atoms with E-state index in [4.69, 9.17) is 11.6 Å². The molecule has 19 heavy (non-hydrogen) atoms. The molecule has 0 saturated carbocycles. The molecule has 0 aliphatic carbocycles. The molecule has 2 aromatic heterocycles. The van der Waals surface area contributed by atoms with Crippen molar-refractivity contribution in [3.63, 3.8) is 0 Å². The lowest BCUT2D eigenvalue weighted by Crippen LogP contribution is -2.27. The maximum absolute atomic E-state index is 9.20. The molecule has 0 aliphatic heterocycles. The van der Waals surface area contributed by atoms with E-state index >= 15 is 0 Å². The SMILES string of the molecule is CC(C)(CO)CNc1nc(Cl)nc(-n2ccnc2)n1. The molecule has 0 spiro atoms. The summed E-state index contributed by atoms with van der Waals surface area (Å²) in [6, 6.07) is 0. The van der Waals surface area contributed by atoms with Gasteiger partial charge in [0.05, 0.1) is 0 Å². The standard InChI is InChI=1S/C11H15ClN6O/c1-11(2,6-19)5-14-9-15-8(12)16-10(17-9)18-4-3-13-7-18/h3-4,7,19H,5-6H2,1-2H3,(H,14,15,16,17). The summed E-state index contributed by atoms with van der Waals surface area (Å²) in [5.41, 5.74) is -0.270. The number of nitrogens with zero attached hydrogens (tertiary/aromatic N) is 5. The molecule has 2 aromatic rings. The summed E-state index contributed by atoms with van der Waals surface area (Å²) >= 11 is 5.87. The third-order valence-corrected chi connectivity index (χ3v) is 2.65. The average molecular weight is 283 g/mol. The van der Waals surface area contributed by atoms with E-state index in [0.717, 1.165) is 0 Å². The Bertz CT molecular complexity index is 542. The molecule has 0 aliphatic rings. The third kappa shape index (κ3) is 3.62. The van der Waals surface area contributed by atoms with Crippen molar-refractivity contribution in [2.45, 2.75) is 13.8 Å². The molecule has 2 rings (SSSR count). The first-order chi connectivity index (χ1) is 9.00. The van der Waals surface area contributed by atoms with Gasteiger partial charge in [-0.15, -0.1) is 0 Å². The Kier molecular flexibility index (Phi) is 3.96. The van der Waals surface area contributed by atoms with Gasteiger partial charge in [-0.2, -0.15) is 15.0 Å². The molecular weight excluding hydrogens is 268 g/mol. The van der Waals surface area contributed by atoms with Crippen LogP contribution in [-0.4, -0.2) is 42.8 Å². The van der Waals surface area contributed by atoms with E-state index < -0.39 is 0 Å². The maximum Gasteiger partial charge on any atom is 0.241 e. The minimum Gasteiger partial charge on any atom is -0.396 e. The normalized spacial score (nSPS) is 11.6. The minimum atomic E-state index is -0.270. The molecular formula is C11H15ClN6O. The number of imidazole rings is 1. The van der Waals surface area contributed by atoms with Gasteiger partial charge in [-0.05, 0) is 11.6 Å². The van der Waals surface area contributed by atoms with Crippen LogP contribution in [0.15, 0.2) is 18.7 Å². The van der Waals surface area contributed by atoms with E-state index in [1.165, 1.54) is 0 Å². The molecule has 2 N–H and O–H groups in total. The number of rotatable bonds is 5. The van der Waals surface area contributed by atoms with Crippen LogP contribution >= 0.6 is 11.6 Å². The Labute approximate surface area is 115 Å². The van der Waals surface area contributed by atoms with Gasteiger partial charge < -0.3 is 10.4 Å². The van der Waals surface area contributed by atoms with Crippen molar-refractivity contribution in [3.05, 3.63) is 24.0 Å². The molecule has 0 unspecified atom stereocenters. The maximum atomic E-state index is 9.20. The summed E-state index contributed by atoms with van der Waals surface area (Å²) in [4.78, 5) is 16.2. The lowest BCUT2D eigenvalue weighted by molar-refractivity contribution is 0.170. The van der Waals surface area contributed by atoms with Crippen LogP contribution < -0.4 is 5.32 Å². The lowest BCUT2D eigenvalue weighted by Gasteiger charge is -2.21. The Balaban J connectivity index is 2.18. The summed E-state index contributed by atoms with van der Waals surface area (Å²) in [6.07, 6.45) is 4.92. The van der Waals surface area contributed by atoms with Crippen LogP contribution in [0.25, 0.3) is 5.95 Å². The second kappa shape index (κ2) is 5.50. The van der Waals surface area contributed by atoms with Crippen molar-refractivity contribution in [2.24, 2.45) is 5.41 Å². The first kappa shape index (κ1) is 13.7. The zero-order valence-electron chi connectivity index (χ0n) is 10.7. The van der Waals surface area contributed by atoms with Crippen molar-refractivity contribution in [1.82, 2.24) is 24.5 Å². The first-order valence-corrected chi connectivity index (χ1v) is 6.13. The smallest absolute Gasteiger partial charge is 0.241 e. The Morgan fingerprint density at radius 3 is 2.79 bits per heavy atom. The summed E-state index contributed by atoms with van der Waals surface area (Å²) in [5.74, 6) is 0.757. The highest BCUT2D eigenvalue weighted by Gasteiger charge is 2.17. The van der Waals surface area contributed by atoms with Gasteiger partial charge in [0.25, 0.3) is 0 Å². The van der Waals surface area contributed by atoms with E-state index in [2.05, 4.69) is 25.3 Å². The quantitative estimate of drug-likeness (QED) is 0.855.